The summed E-state index contributed by atoms with van der Waals surface area (Å²) in [5.41, 5.74) is 1.25. The van der Waals surface area contributed by atoms with Gasteiger partial charge in [-0.3, -0.25) is 4.79 Å². The molecule has 4 aliphatic rings. The molecule has 4 fully saturated rings. The number of aryl methyl sites for hydroxylation is 1. The summed E-state index contributed by atoms with van der Waals surface area (Å²) in [6.45, 7) is 10.2. The van der Waals surface area contributed by atoms with E-state index in [-0.39, 0.29) is 11.3 Å². The highest BCUT2D eigenvalue weighted by Crippen LogP contribution is 2.44. The average Bonchev–Trinajstić information content (AvgIpc) is 3.19. The van der Waals surface area contributed by atoms with Crippen molar-refractivity contribution < 1.29 is 4.79 Å². The maximum Gasteiger partial charge on any atom is 0.227 e. The molecule has 1 amide bonds. The van der Waals surface area contributed by atoms with E-state index in [1.165, 1.54) is 12.8 Å². The Labute approximate surface area is 161 Å². The zero-order valence-electron chi connectivity index (χ0n) is 16.8. The first-order valence-corrected chi connectivity index (χ1v) is 10.5. The lowest BCUT2D eigenvalue weighted by Crippen LogP contribution is -2.39. The molecule has 6 nitrogen and oxygen atoms in total. The number of rotatable bonds is 3. The fourth-order valence-electron chi connectivity index (χ4n) is 5.34. The topological polar surface area (TPSA) is 52.6 Å². The number of nitrogens with zero attached hydrogens (tertiary/aromatic N) is 5. The molecule has 0 aromatic carbocycles. The summed E-state index contributed by atoms with van der Waals surface area (Å²) in [6.07, 6.45) is 3.48. The summed E-state index contributed by atoms with van der Waals surface area (Å²) >= 11 is 0. The third kappa shape index (κ3) is 3.12. The van der Waals surface area contributed by atoms with Crippen molar-refractivity contribution >= 4 is 11.7 Å². The predicted octanol–water partition coefficient (Wildman–Crippen LogP) is 1.90. The van der Waals surface area contributed by atoms with Crippen LogP contribution in [-0.2, 0) is 4.79 Å². The summed E-state index contributed by atoms with van der Waals surface area (Å²) in [4.78, 5) is 29.4. The van der Waals surface area contributed by atoms with E-state index in [0.717, 1.165) is 63.0 Å². The van der Waals surface area contributed by atoms with Gasteiger partial charge >= 0.3 is 0 Å². The second-order valence-electron chi connectivity index (χ2n) is 9.70. The first-order valence-electron chi connectivity index (χ1n) is 10.5. The van der Waals surface area contributed by atoms with Crippen LogP contribution < -0.4 is 4.90 Å². The zero-order valence-corrected chi connectivity index (χ0v) is 16.8. The highest BCUT2D eigenvalue weighted by atomic mass is 16.2. The van der Waals surface area contributed by atoms with Crippen LogP contribution in [0.25, 0.3) is 0 Å². The Morgan fingerprint density at radius 1 is 1.15 bits per heavy atom. The monoisotopic (exact) mass is 369 g/mol. The lowest BCUT2D eigenvalue weighted by molar-refractivity contribution is -0.134. The Morgan fingerprint density at radius 3 is 2.63 bits per heavy atom. The van der Waals surface area contributed by atoms with E-state index in [9.17, 15) is 4.79 Å². The van der Waals surface area contributed by atoms with Gasteiger partial charge in [0.15, 0.2) is 0 Å². The van der Waals surface area contributed by atoms with Crippen molar-refractivity contribution in [2.24, 2.45) is 17.3 Å². The van der Waals surface area contributed by atoms with Crippen LogP contribution in [0.2, 0.25) is 0 Å². The van der Waals surface area contributed by atoms with Crippen molar-refractivity contribution in [3.05, 3.63) is 17.6 Å². The van der Waals surface area contributed by atoms with Gasteiger partial charge in [0, 0.05) is 61.7 Å². The van der Waals surface area contributed by atoms with Crippen LogP contribution in [0.4, 0.5) is 5.82 Å². The van der Waals surface area contributed by atoms with E-state index in [1.54, 1.807) is 0 Å². The molecule has 0 radical (unpaired) electrons. The zero-order chi connectivity index (χ0) is 18.8. The van der Waals surface area contributed by atoms with E-state index in [4.69, 9.17) is 4.98 Å². The van der Waals surface area contributed by atoms with Crippen molar-refractivity contribution in [3.63, 3.8) is 0 Å². The van der Waals surface area contributed by atoms with E-state index < -0.39 is 0 Å². The van der Waals surface area contributed by atoms with Crippen molar-refractivity contribution in [2.75, 3.05) is 51.2 Å². The minimum atomic E-state index is 0.179. The number of aromatic nitrogens is 2. The fraction of sp³-hybridized carbons (Fsp3) is 0.762. The summed E-state index contributed by atoms with van der Waals surface area (Å²) in [6, 6.07) is 2.13. The van der Waals surface area contributed by atoms with Crippen LogP contribution in [0.15, 0.2) is 6.07 Å². The van der Waals surface area contributed by atoms with Gasteiger partial charge in [0.05, 0.1) is 5.92 Å². The van der Waals surface area contributed by atoms with Crippen LogP contribution >= 0.6 is 0 Å². The molecule has 0 bridgehead atoms. The molecule has 4 heterocycles. The number of carbonyl (C=O) groups is 1. The molecule has 1 unspecified atom stereocenters. The normalized spacial score (nSPS) is 33.7. The Balaban J connectivity index is 1.28. The highest BCUT2D eigenvalue weighted by molar-refractivity contribution is 5.80. The van der Waals surface area contributed by atoms with Gasteiger partial charge in [-0.1, -0.05) is 6.92 Å². The number of carbonyl (C=O) groups excluding carboxylic acids is 1. The molecular formula is C21H31N5O. The molecule has 1 saturated carbocycles. The molecule has 1 aromatic heterocycles. The van der Waals surface area contributed by atoms with Gasteiger partial charge in [0.1, 0.15) is 11.6 Å². The molecule has 0 spiro atoms. The molecule has 1 aliphatic carbocycles. The van der Waals surface area contributed by atoms with Crippen molar-refractivity contribution in [2.45, 2.75) is 39.0 Å². The lowest BCUT2D eigenvalue weighted by atomic mass is 9.83. The van der Waals surface area contributed by atoms with Gasteiger partial charge in [-0.05, 0) is 39.8 Å². The molecular weight excluding hydrogens is 338 g/mol. The maximum absolute atomic E-state index is 13.0. The third-order valence-corrected chi connectivity index (χ3v) is 7.15. The SMILES string of the molecule is Cc1cc(N2C[C@H]3CN(C(=O)C4CCN(C)C4)C[C@@]3(C)C2)nc(C2CC2)n1. The predicted molar refractivity (Wildman–Crippen MR) is 105 cm³/mol. The van der Waals surface area contributed by atoms with Crippen LogP contribution in [0, 0.1) is 24.2 Å². The highest BCUT2D eigenvalue weighted by Gasteiger charge is 2.51. The van der Waals surface area contributed by atoms with Crippen LogP contribution in [0.3, 0.4) is 0 Å². The molecule has 5 rings (SSSR count). The number of hydrogen-bond donors (Lipinski definition) is 0. The Hall–Kier alpha value is -1.69. The van der Waals surface area contributed by atoms with Crippen molar-refractivity contribution in [3.8, 4) is 0 Å². The second-order valence-corrected chi connectivity index (χ2v) is 9.70. The van der Waals surface area contributed by atoms with Crippen molar-refractivity contribution in [1.29, 1.82) is 0 Å². The first kappa shape index (κ1) is 17.4. The molecule has 1 aromatic rings. The minimum Gasteiger partial charge on any atom is -0.356 e. The van der Waals surface area contributed by atoms with E-state index in [0.29, 0.717) is 17.7 Å². The van der Waals surface area contributed by atoms with Gasteiger partial charge < -0.3 is 14.7 Å². The number of anilines is 1. The average molecular weight is 370 g/mol. The molecule has 3 atom stereocenters. The van der Waals surface area contributed by atoms with Gasteiger partial charge in [0.2, 0.25) is 5.91 Å². The largest absolute Gasteiger partial charge is 0.356 e. The fourth-order valence-corrected chi connectivity index (χ4v) is 5.34. The maximum atomic E-state index is 13.0. The number of fused-ring (bicyclic) bond motifs is 1. The molecule has 3 aliphatic heterocycles. The Kier molecular flexibility index (Phi) is 3.97. The smallest absolute Gasteiger partial charge is 0.227 e. The van der Waals surface area contributed by atoms with Gasteiger partial charge in [-0.2, -0.15) is 0 Å². The van der Waals surface area contributed by atoms with E-state index >= 15 is 0 Å². The Bertz CT molecular complexity index is 763. The molecule has 27 heavy (non-hydrogen) atoms. The molecule has 146 valence electrons. The summed E-state index contributed by atoms with van der Waals surface area (Å²) < 4.78 is 0. The minimum absolute atomic E-state index is 0.179. The van der Waals surface area contributed by atoms with Crippen molar-refractivity contribution in [1.82, 2.24) is 19.8 Å². The summed E-state index contributed by atoms with van der Waals surface area (Å²) in [5.74, 6) is 3.85. The van der Waals surface area contributed by atoms with Gasteiger partial charge in [0.25, 0.3) is 0 Å². The second kappa shape index (κ2) is 6.16. The lowest BCUT2D eigenvalue weighted by Gasteiger charge is -2.27. The van der Waals surface area contributed by atoms with Gasteiger partial charge in [-0.25, -0.2) is 9.97 Å². The van der Waals surface area contributed by atoms with Crippen LogP contribution in [0.5, 0.6) is 0 Å². The molecule has 0 N–H and O–H groups in total. The molecule has 3 saturated heterocycles. The third-order valence-electron chi connectivity index (χ3n) is 7.15. The summed E-state index contributed by atoms with van der Waals surface area (Å²) in [5, 5.41) is 0. The summed E-state index contributed by atoms with van der Waals surface area (Å²) in [7, 11) is 2.12. The van der Waals surface area contributed by atoms with Crippen LogP contribution in [0.1, 0.15) is 43.6 Å². The van der Waals surface area contributed by atoms with E-state index in [1.807, 2.05) is 0 Å². The first-order chi connectivity index (χ1) is 12.9. The standard InChI is InChI=1S/C21H31N5O/c1-14-8-18(23-19(22-14)15-4-5-15)25-10-17-11-26(13-21(17,2)12-25)20(27)16-6-7-24(3)9-16/h8,15-17H,4-7,9-13H2,1-3H3/t16?,17-,21+/m0/s1. The van der Waals surface area contributed by atoms with Crippen LogP contribution in [-0.4, -0.2) is 72.0 Å². The molecule has 6 heteroatoms. The number of likely N-dealkylation sites (tertiary alicyclic amines) is 2. The number of hydrogen-bond acceptors (Lipinski definition) is 5. The quantitative estimate of drug-likeness (QED) is 0.815. The number of amides is 1. The Morgan fingerprint density at radius 2 is 1.96 bits per heavy atom. The van der Waals surface area contributed by atoms with Gasteiger partial charge in [-0.15, -0.1) is 0 Å². The van der Waals surface area contributed by atoms with E-state index in [2.05, 4.69) is 46.6 Å².